The van der Waals surface area contributed by atoms with Crippen LogP contribution in [0.3, 0.4) is 0 Å². The number of hydrogen-bond donors (Lipinski definition) is 0. The van der Waals surface area contributed by atoms with E-state index in [1.54, 1.807) is 0 Å². The van der Waals surface area contributed by atoms with Gasteiger partial charge in [0.05, 0.1) is 23.3 Å². The average Bonchev–Trinajstić information content (AvgIpc) is 3.18. The largest absolute Gasteiger partial charge is 0.381 e. The fourth-order valence-corrected chi connectivity index (χ4v) is 5.29. The molecule has 2 saturated heterocycles. The fourth-order valence-electron chi connectivity index (χ4n) is 5.29. The van der Waals surface area contributed by atoms with Gasteiger partial charge in [0.1, 0.15) is 11.9 Å². The molecule has 5 nitrogen and oxygen atoms in total. The Hall–Kier alpha value is -2.36. The van der Waals surface area contributed by atoms with Crippen LogP contribution in [0.1, 0.15) is 48.3 Å². The smallest absolute Gasteiger partial charge is 0.157 e. The first-order valence-electron chi connectivity index (χ1n) is 10.9. The number of ether oxygens (including phenoxy) is 1. The second-order valence-electron chi connectivity index (χ2n) is 8.58. The third-order valence-electron chi connectivity index (χ3n) is 6.88. The second-order valence-corrected chi connectivity index (χ2v) is 8.58. The summed E-state index contributed by atoms with van der Waals surface area (Å²) in [7, 11) is 0. The summed E-state index contributed by atoms with van der Waals surface area (Å²) < 4.78 is 21.0. The first-order chi connectivity index (χ1) is 14.7. The van der Waals surface area contributed by atoms with Crippen LogP contribution in [-0.4, -0.2) is 42.4 Å². The number of rotatable bonds is 3. The summed E-state index contributed by atoms with van der Waals surface area (Å²) in [4.78, 5) is 7.27. The number of halogens is 2. The van der Waals surface area contributed by atoms with Gasteiger partial charge in [-0.3, -0.25) is 8.79 Å². The minimum atomic E-state index is -0.239. The Bertz CT molecular complexity index is 1120. The predicted molar refractivity (Wildman–Crippen MR) is 123 cm³/mol. The molecule has 0 N–H and O–H groups in total. The van der Waals surface area contributed by atoms with Gasteiger partial charge in [0.25, 0.3) is 0 Å². The van der Waals surface area contributed by atoms with Crippen LogP contribution in [0.2, 0.25) is 0 Å². The van der Waals surface area contributed by atoms with Crippen LogP contribution in [0.15, 0.2) is 24.3 Å². The van der Waals surface area contributed by atoms with Crippen molar-refractivity contribution in [3.05, 3.63) is 41.0 Å². The Morgan fingerprint density at radius 3 is 2.55 bits per heavy atom. The summed E-state index contributed by atoms with van der Waals surface area (Å²) in [5.41, 5.74) is 5.65. The molecule has 164 valence electrons. The molecule has 5 rings (SSSR count). The molecule has 0 saturated carbocycles. The standard InChI is InChI=1S/C24H27FN4O.ClH/c1-16-22(18-8-12-30-13-9-18)19(15-26)23-27-20-4-2-3-5-21(20)29(23)24(16)28-10-6-17(14-25)7-11-28;/h2-5,17-18H,6-14H2,1H3;1H. The highest BCUT2D eigenvalue weighted by Crippen LogP contribution is 2.40. The van der Waals surface area contributed by atoms with Crippen LogP contribution in [0.25, 0.3) is 16.7 Å². The van der Waals surface area contributed by atoms with Gasteiger partial charge >= 0.3 is 0 Å². The molecule has 3 aromatic rings. The Morgan fingerprint density at radius 2 is 1.87 bits per heavy atom. The molecular formula is C24H28ClFN4O. The first kappa shape index (κ1) is 21.9. The van der Waals surface area contributed by atoms with E-state index >= 15 is 0 Å². The monoisotopic (exact) mass is 442 g/mol. The predicted octanol–water partition coefficient (Wildman–Crippen LogP) is 5.17. The van der Waals surface area contributed by atoms with Crippen molar-refractivity contribution in [1.82, 2.24) is 9.38 Å². The van der Waals surface area contributed by atoms with E-state index in [0.29, 0.717) is 11.5 Å². The van der Waals surface area contributed by atoms with Gasteiger partial charge in [-0.05, 0) is 67.7 Å². The Kier molecular flexibility index (Phi) is 6.36. The molecule has 0 spiro atoms. The van der Waals surface area contributed by atoms with E-state index in [4.69, 9.17) is 9.72 Å². The molecule has 31 heavy (non-hydrogen) atoms. The van der Waals surface area contributed by atoms with E-state index < -0.39 is 0 Å². The number of fused-ring (bicyclic) bond motifs is 3. The van der Waals surface area contributed by atoms with E-state index in [-0.39, 0.29) is 25.0 Å². The lowest BCUT2D eigenvalue weighted by atomic mass is 9.85. The van der Waals surface area contributed by atoms with Crippen LogP contribution >= 0.6 is 12.4 Å². The highest BCUT2D eigenvalue weighted by atomic mass is 35.5. The van der Waals surface area contributed by atoms with Gasteiger partial charge in [-0.25, -0.2) is 4.98 Å². The van der Waals surface area contributed by atoms with Gasteiger partial charge in [-0.2, -0.15) is 5.26 Å². The molecule has 0 amide bonds. The van der Waals surface area contributed by atoms with Crippen molar-refractivity contribution in [1.29, 1.82) is 5.26 Å². The topological polar surface area (TPSA) is 53.6 Å². The highest BCUT2D eigenvalue weighted by molar-refractivity contribution is 5.86. The molecule has 2 fully saturated rings. The maximum Gasteiger partial charge on any atom is 0.157 e. The fraction of sp³-hybridized carbons (Fsp3) is 0.500. The minimum Gasteiger partial charge on any atom is -0.381 e. The van der Waals surface area contributed by atoms with E-state index in [2.05, 4.69) is 28.4 Å². The van der Waals surface area contributed by atoms with E-state index in [1.165, 1.54) is 0 Å². The van der Waals surface area contributed by atoms with Crippen molar-refractivity contribution >= 4 is 34.9 Å². The second kappa shape index (κ2) is 9.02. The maximum absolute atomic E-state index is 13.2. The number of aromatic nitrogens is 2. The van der Waals surface area contributed by atoms with Crippen molar-refractivity contribution in [2.24, 2.45) is 5.92 Å². The number of para-hydroxylation sites is 2. The molecule has 0 atom stereocenters. The van der Waals surface area contributed by atoms with Crippen molar-refractivity contribution in [3.8, 4) is 6.07 Å². The van der Waals surface area contributed by atoms with Gasteiger partial charge in [0.2, 0.25) is 0 Å². The van der Waals surface area contributed by atoms with Gasteiger partial charge < -0.3 is 9.64 Å². The first-order valence-corrected chi connectivity index (χ1v) is 10.9. The number of pyridine rings is 1. The zero-order valence-electron chi connectivity index (χ0n) is 17.8. The van der Waals surface area contributed by atoms with Gasteiger partial charge in [-0.15, -0.1) is 12.4 Å². The third-order valence-corrected chi connectivity index (χ3v) is 6.88. The summed E-state index contributed by atoms with van der Waals surface area (Å²) in [6.45, 7) is 5.03. The number of nitriles is 1. The van der Waals surface area contributed by atoms with Crippen LogP contribution in [-0.2, 0) is 4.74 Å². The number of imidazole rings is 1. The number of anilines is 1. The highest BCUT2D eigenvalue weighted by Gasteiger charge is 2.30. The lowest BCUT2D eigenvalue weighted by molar-refractivity contribution is 0.0852. The summed E-state index contributed by atoms with van der Waals surface area (Å²) >= 11 is 0. The number of benzene rings is 1. The molecule has 4 heterocycles. The number of hydrogen-bond acceptors (Lipinski definition) is 4. The third kappa shape index (κ3) is 3.64. The molecule has 0 bridgehead atoms. The molecule has 0 unspecified atom stereocenters. The summed E-state index contributed by atoms with van der Waals surface area (Å²) in [5.74, 6) is 1.58. The molecule has 0 aliphatic carbocycles. The van der Waals surface area contributed by atoms with Crippen molar-refractivity contribution < 1.29 is 9.13 Å². The Labute approximate surface area is 188 Å². The molecule has 2 aromatic heterocycles. The molecule has 7 heteroatoms. The van der Waals surface area contributed by atoms with E-state index in [0.717, 1.165) is 85.6 Å². The molecular weight excluding hydrogens is 415 g/mol. The van der Waals surface area contributed by atoms with Crippen molar-refractivity contribution in [3.63, 3.8) is 0 Å². The molecule has 2 aliphatic rings. The van der Waals surface area contributed by atoms with Crippen LogP contribution in [0, 0.1) is 24.2 Å². The Balaban J connectivity index is 0.00000231. The average molecular weight is 443 g/mol. The molecule has 1 aromatic carbocycles. The van der Waals surface area contributed by atoms with Crippen LogP contribution in [0.4, 0.5) is 10.2 Å². The van der Waals surface area contributed by atoms with Gasteiger partial charge in [0.15, 0.2) is 5.65 Å². The summed E-state index contributed by atoms with van der Waals surface area (Å²) in [5, 5.41) is 10.2. The lowest BCUT2D eigenvalue weighted by Gasteiger charge is -2.36. The lowest BCUT2D eigenvalue weighted by Crippen LogP contribution is -2.36. The van der Waals surface area contributed by atoms with Crippen molar-refractivity contribution in [2.45, 2.75) is 38.5 Å². The maximum atomic E-state index is 13.2. The van der Waals surface area contributed by atoms with Gasteiger partial charge in [0, 0.05) is 26.3 Å². The molecule has 2 aliphatic heterocycles. The number of alkyl halides is 1. The number of piperidine rings is 1. The normalized spacial score (nSPS) is 18.3. The summed E-state index contributed by atoms with van der Waals surface area (Å²) in [6, 6.07) is 10.6. The van der Waals surface area contributed by atoms with Crippen molar-refractivity contribution in [2.75, 3.05) is 37.9 Å². The molecule has 0 radical (unpaired) electrons. The van der Waals surface area contributed by atoms with Gasteiger partial charge in [-0.1, -0.05) is 12.1 Å². The zero-order valence-corrected chi connectivity index (χ0v) is 18.6. The number of nitrogens with zero attached hydrogens (tertiary/aromatic N) is 4. The van der Waals surface area contributed by atoms with E-state index in [1.807, 2.05) is 18.2 Å². The van der Waals surface area contributed by atoms with E-state index in [9.17, 15) is 9.65 Å². The zero-order chi connectivity index (χ0) is 20.7. The Morgan fingerprint density at radius 1 is 1.16 bits per heavy atom. The van der Waals surface area contributed by atoms with Crippen LogP contribution in [0.5, 0.6) is 0 Å². The minimum absolute atomic E-state index is 0. The summed E-state index contributed by atoms with van der Waals surface area (Å²) in [6.07, 6.45) is 3.57. The quantitative estimate of drug-likeness (QED) is 0.561. The SMILES string of the molecule is Cc1c(C2CCOCC2)c(C#N)c2nc3ccccc3n2c1N1CCC(CF)CC1.Cl. The van der Waals surface area contributed by atoms with Crippen LogP contribution < -0.4 is 4.90 Å².